The zero-order chi connectivity index (χ0) is 21.7. The Balaban J connectivity index is 1.94. The second-order valence-corrected chi connectivity index (χ2v) is 6.11. The molecule has 0 aliphatic carbocycles. The van der Waals surface area contributed by atoms with Crippen LogP contribution in [-0.4, -0.2) is 42.1 Å². The number of hydrogen-bond acceptors (Lipinski definition) is 6. The fourth-order valence-electron chi connectivity index (χ4n) is 2.78. The quantitative estimate of drug-likeness (QED) is 0.530. The summed E-state index contributed by atoms with van der Waals surface area (Å²) >= 11 is 0. The average Bonchev–Trinajstić information content (AvgIpc) is 2.71. The lowest BCUT2D eigenvalue weighted by atomic mass is 10.1. The zero-order valence-electron chi connectivity index (χ0n) is 16.0. The number of carboxylic acid groups (broad SMARTS) is 1. The van der Waals surface area contributed by atoms with Crippen molar-refractivity contribution in [3.8, 4) is 11.5 Å². The van der Waals surface area contributed by atoms with E-state index in [1.165, 1.54) is 24.3 Å². The first-order valence-electron chi connectivity index (χ1n) is 8.98. The van der Waals surface area contributed by atoms with E-state index < -0.39 is 30.4 Å². The van der Waals surface area contributed by atoms with Gasteiger partial charge in [0, 0.05) is 5.56 Å². The van der Waals surface area contributed by atoms with E-state index in [1.807, 2.05) is 6.92 Å². The van der Waals surface area contributed by atoms with Gasteiger partial charge in [-0.3, -0.25) is 14.9 Å². The molecule has 0 unspecified atom stereocenters. The third-order valence-corrected chi connectivity index (χ3v) is 4.08. The van der Waals surface area contributed by atoms with Gasteiger partial charge in [0.15, 0.2) is 6.61 Å². The van der Waals surface area contributed by atoms with Crippen LogP contribution in [0.5, 0.6) is 11.5 Å². The topological polar surface area (TPSA) is 122 Å². The fourth-order valence-corrected chi connectivity index (χ4v) is 2.78. The molecule has 0 aromatic heterocycles. The van der Waals surface area contributed by atoms with E-state index in [0.717, 1.165) is 4.90 Å². The number of ether oxygens (including phenoxy) is 2. The predicted octanol–water partition coefficient (Wildman–Crippen LogP) is 2.22. The van der Waals surface area contributed by atoms with Crippen LogP contribution in [-0.2, 0) is 14.4 Å². The molecule has 3 rings (SSSR count). The van der Waals surface area contributed by atoms with E-state index in [1.54, 1.807) is 30.3 Å². The molecule has 1 saturated heterocycles. The lowest BCUT2D eigenvalue weighted by Gasteiger charge is -2.26. The molecule has 1 aliphatic rings. The highest BCUT2D eigenvalue weighted by molar-refractivity contribution is 6.39. The van der Waals surface area contributed by atoms with Crippen LogP contribution in [0.4, 0.5) is 10.5 Å². The monoisotopic (exact) mass is 410 g/mol. The molecular formula is C21H18N2O7. The molecule has 2 aromatic rings. The smallest absolute Gasteiger partial charge is 0.341 e. The maximum atomic E-state index is 12.9. The number of hydrogen-bond donors (Lipinski definition) is 2. The van der Waals surface area contributed by atoms with Crippen LogP contribution < -0.4 is 19.7 Å². The highest BCUT2D eigenvalue weighted by Gasteiger charge is 2.37. The minimum Gasteiger partial charge on any atom is -0.494 e. The minimum absolute atomic E-state index is 0.178. The van der Waals surface area contributed by atoms with Crippen molar-refractivity contribution in [3.63, 3.8) is 0 Å². The number of anilines is 1. The Hall–Kier alpha value is -4.14. The van der Waals surface area contributed by atoms with Gasteiger partial charge < -0.3 is 14.6 Å². The normalized spacial score (nSPS) is 15.2. The summed E-state index contributed by atoms with van der Waals surface area (Å²) in [6.07, 6.45) is 1.25. The summed E-state index contributed by atoms with van der Waals surface area (Å²) in [5.74, 6) is -2.10. The van der Waals surface area contributed by atoms with E-state index in [-0.39, 0.29) is 17.0 Å². The van der Waals surface area contributed by atoms with Gasteiger partial charge in [-0.25, -0.2) is 14.5 Å². The third kappa shape index (κ3) is 4.46. The first kappa shape index (κ1) is 20.6. The van der Waals surface area contributed by atoms with Gasteiger partial charge in [-0.15, -0.1) is 0 Å². The van der Waals surface area contributed by atoms with Crippen molar-refractivity contribution >= 4 is 35.6 Å². The molecule has 2 N–H and O–H groups in total. The van der Waals surface area contributed by atoms with Gasteiger partial charge >= 0.3 is 12.0 Å². The summed E-state index contributed by atoms with van der Waals surface area (Å²) < 4.78 is 10.5. The molecule has 9 heteroatoms. The van der Waals surface area contributed by atoms with Crippen molar-refractivity contribution in [1.82, 2.24) is 5.32 Å². The SMILES string of the molecule is CCOc1ccc(N2C(=O)NC(=O)/C(=C/c3ccccc3OCC(=O)O)C2=O)cc1. The molecule has 1 heterocycles. The molecule has 0 atom stereocenters. The Morgan fingerprint density at radius 1 is 1.07 bits per heavy atom. The zero-order valence-corrected chi connectivity index (χ0v) is 16.0. The molecule has 2 aromatic carbocycles. The fraction of sp³-hybridized carbons (Fsp3) is 0.143. The van der Waals surface area contributed by atoms with Crippen LogP contribution in [0.3, 0.4) is 0 Å². The number of carbonyl (C=O) groups is 4. The molecule has 154 valence electrons. The number of barbiturate groups is 1. The highest BCUT2D eigenvalue weighted by Crippen LogP contribution is 2.26. The number of rotatable bonds is 7. The van der Waals surface area contributed by atoms with Crippen LogP contribution in [0.15, 0.2) is 54.1 Å². The number of amides is 4. The third-order valence-electron chi connectivity index (χ3n) is 4.08. The molecule has 0 saturated carbocycles. The molecular weight excluding hydrogens is 392 g/mol. The summed E-state index contributed by atoms with van der Waals surface area (Å²) in [6, 6.07) is 11.7. The van der Waals surface area contributed by atoms with Crippen molar-refractivity contribution in [3.05, 3.63) is 59.7 Å². The van der Waals surface area contributed by atoms with E-state index in [2.05, 4.69) is 5.32 Å². The first-order valence-corrected chi connectivity index (χ1v) is 8.98. The number of benzene rings is 2. The van der Waals surface area contributed by atoms with Gasteiger partial charge in [-0.1, -0.05) is 18.2 Å². The van der Waals surface area contributed by atoms with Gasteiger partial charge in [0.05, 0.1) is 12.3 Å². The van der Waals surface area contributed by atoms with Crippen LogP contribution in [0.2, 0.25) is 0 Å². The number of nitrogens with zero attached hydrogens (tertiary/aromatic N) is 1. The second-order valence-electron chi connectivity index (χ2n) is 6.11. The van der Waals surface area contributed by atoms with Gasteiger partial charge in [-0.2, -0.15) is 0 Å². The lowest BCUT2D eigenvalue weighted by molar-refractivity contribution is -0.139. The average molecular weight is 410 g/mol. The maximum absolute atomic E-state index is 12.9. The molecule has 1 aliphatic heterocycles. The number of imide groups is 2. The summed E-state index contributed by atoms with van der Waals surface area (Å²) in [6.45, 7) is 1.71. The van der Waals surface area contributed by atoms with Crippen molar-refractivity contribution in [2.24, 2.45) is 0 Å². The molecule has 30 heavy (non-hydrogen) atoms. The summed E-state index contributed by atoms with van der Waals surface area (Å²) in [4.78, 5) is 49.2. The Morgan fingerprint density at radius 2 is 1.77 bits per heavy atom. The molecule has 9 nitrogen and oxygen atoms in total. The van der Waals surface area contributed by atoms with Gasteiger partial charge in [-0.05, 0) is 43.3 Å². The molecule has 0 radical (unpaired) electrons. The van der Waals surface area contributed by atoms with Crippen molar-refractivity contribution in [2.75, 3.05) is 18.1 Å². The highest BCUT2D eigenvalue weighted by atomic mass is 16.5. The van der Waals surface area contributed by atoms with Gasteiger partial charge in [0.1, 0.15) is 17.1 Å². The van der Waals surface area contributed by atoms with Gasteiger partial charge in [0.25, 0.3) is 11.8 Å². The summed E-state index contributed by atoms with van der Waals surface area (Å²) in [5.41, 5.74) is 0.280. The Bertz CT molecular complexity index is 1030. The summed E-state index contributed by atoms with van der Waals surface area (Å²) in [5, 5.41) is 10.9. The Kier molecular flexibility index (Phi) is 6.11. The largest absolute Gasteiger partial charge is 0.494 e. The molecule has 1 fully saturated rings. The van der Waals surface area contributed by atoms with Crippen LogP contribution in [0, 0.1) is 0 Å². The number of para-hydroxylation sites is 1. The van der Waals surface area contributed by atoms with Crippen molar-refractivity contribution in [2.45, 2.75) is 6.92 Å². The standard InChI is InChI=1S/C21H18N2O7/c1-2-29-15-9-7-14(8-10-15)23-20(27)16(19(26)22-21(23)28)11-13-5-3-4-6-17(13)30-12-18(24)25/h3-11H,2,12H2,1H3,(H,24,25)(H,22,26,28)/b16-11-. The number of nitrogens with one attached hydrogen (secondary N) is 1. The van der Waals surface area contributed by atoms with Crippen molar-refractivity contribution in [1.29, 1.82) is 0 Å². The Morgan fingerprint density at radius 3 is 2.43 bits per heavy atom. The predicted molar refractivity (Wildman–Crippen MR) is 106 cm³/mol. The minimum atomic E-state index is -1.17. The lowest BCUT2D eigenvalue weighted by Crippen LogP contribution is -2.54. The van der Waals surface area contributed by atoms with E-state index in [4.69, 9.17) is 14.6 Å². The molecule has 0 bridgehead atoms. The second kappa shape index (κ2) is 8.91. The van der Waals surface area contributed by atoms with E-state index in [9.17, 15) is 19.2 Å². The number of carboxylic acids is 1. The van der Waals surface area contributed by atoms with Crippen LogP contribution in [0.1, 0.15) is 12.5 Å². The van der Waals surface area contributed by atoms with E-state index in [0.29, 0.717) is 17.9 Å². The number of aliphatic carboxylic acids is 1. The van der Waals surface area contributed by atoms with Gasteiger partial charge in [0.2, 0.25) is 0 Å². The van der Waals surface area contributed by atoms with Crippen molar-refractivity contribution < 1.29 is 33.8 Å². The van der Waals surface area contributed by atoms with Crippen LogP contribution >= 0.6 is 0 Å². The molecule has 4 amide bonds. The Labute approximate surface area is 171 Å². The first-order chi connectivity index (χ1) is 14.4. The summed E-state index contributed by atoms with van der Waals surface area (Å²) in [7, 11) is 0. The number of carbonyl (C=O) groups excluding carboxylic acids is 3. The van der Waals surface area contributed by atoms with Crippen LogP contribution in [0.25, 0.3) is 6.08 Å². The molecule has 0 spiro atoms. The van der Waals surface area contributed by atoms with E-state index >= 15 is 0 Å². The number of urea groups is 1. The maximum Gasteiger partial charge on any atom is 0.341 e.